The fraction of sp³-hybridized carbons (Fsp3) is 1.00. The van der Waals surface area contributed by atoms with Crippen molar-refractivity contribution in [3.05, 3.63) is 0 Å². The minimum Gasteiger partial charge on any atom is -0.350 e. The van der Waals surface area contributed by atoms with E-state index in [1.165, 1.54) is 25.7 Å². The summed E-state index contributed by atoms with van der Waals surface area (Å²) in [6.07, 6.45) is 7.13. The molecule has 0 aromatic carbocycles. The van der Waals surface area contributed by atoms with E-state index in [0.717, 1.165) is 26.1 Å². The van der Waals surface area contributed by atoms with E-state index in [1.54, 1.807) is 0 Å². The molecule has 1 saturated carbocycles. The lowest BCUT2D eigenvalue weighted by Crippen LogP contribution is -2.31. The summed E-state index contributed by atoms with van der Waals surface area (Å²) in [4.78, 5) is 0. The molecule has 0 radical (unpaired) electrons. The van der Waals surface area contributed by atoms with E-state index in [4.69, 9.17) is 9.47 Å². The quantitative estimate of drug-likeness (QED) is 0.534. The van der Waals surface area contributed by atoms with Crippen LogP contribution in [0.4, 0.5) is 0 Å². The molecule has 1 spiro atoms. The highest BCUT2D eigenvalue weighted by atomic mass is 16.7. The Kier molecular flexibility index (Phi) is 2.14. The van der Waals surface area contributed by atoms with Crippen molar-refractivity contribution in [2.75, 3.05) is 13.2 Å². The number of ether oxygens (including phenoxy) is 2. The second-order valence-corrected chi connectivity index (χ2v) is 3.52. The van der Waals surface area contributed by atoms with Gasteiger partial charge >= 0.3 is 0 Å². The van der Waals surface area contributed by atoms with Crippen LogP contribution in [-0.2, 0) is 9.47 Å². The van der Waals surface area contributed by atoms with Gasteiger partial charge in [-0.1, -0.05) is 0 Å². The minimum atomic E-state index is -0.142. The monoisotopic (exact) mass is 156 g/mol. The average Bonchev–Trinajstić information content (AvgIpc) is 2.32. The smallest absolute Gasteiger partial charge is 0.168 e. The molecule has 1 aliphatic heterocycles. The van der Waals surface area contributed by atoms with Crippen LogP contribution < -0.4 is 0 Å². The molecule has 2 rings (SSSR count). The molecule has 0 aromatic heterocycles. The highest BCUT2D eigenvalue weighted by Gasteiger charge is 2.36. The molecule has 0 atom stereocenters. The Hall–Kier alpha value is -0.0800. The van der Waals surface area contributed by atoms with Crippen LogP contribution in [0.5, 0.6) is 0 Å². The van der Waals surface area contributed by atoms with E-state index < -0.39 is 0 Å². The summed E-state index contributed by atoms with van der Waals surface area (Å²) in [5.41, 5.74) is 0. The molecule has 0 bridgehead atoms. The van der Waals surface area contributed by atoms with Crippen LogP contribution in [0.15, 0.2) is 0 Å². The molecule has 0 N–H and O–H groups in total. The van der Waals surface area contributed by atoms with Crippen LogP contribution in [0.3, 0.4) is 0 Å². The highest BCUT2D eigenvalue weighted by molar-refractivity contribution is 4.78. The SMILES string of the molecule is C1CCOC2(CCCC2)OC1. The van der Waals surface area contributed by atoms with Gasteiger partial charge in [0.1, 0.15) is 0 Å². The standard InChI is InChI=1S/C9H16O2/c1-2-6-9(5-1)10-7-3-4-8-11-9/h1-8H2. The van der Waals surface area contributed by atoms with Gasteiger partial charge in [-0.2, -0.15) is 0 Å². The molecule has 64 valence electrons. The van der Waals surface area contributed by atoms with Crippen LogP contribution >= 0.6 is 0 Å². The largest absolute Gasteiger partial charge is 0.350 e. The normalized spacial score (nSPS) is 30.5. The Morgan fingerprint density at radius 3 is 1.82 bits per heavy atom. The molecular formula is C9H16O2. The summed E-state index contributed by atoms with van der Waals surface area (Å²) in [7, 11) is 0. The van der Waals surface area contributed by atoms with Crippen molar-refractivity contribution < 1.29 is 9.47 Å². The fourth-order valence-corrected chi connectivity index (χ4v) is 1.96. The average molecular weight is 156 g/mol. The maximum atomic E-state index is 5.73. The van der Waals surface area contributed by atoms with Crippen molar-refractivity contribution in [3.63, 3.8) is 0 Å². The Bertz CT molecular complexity index is 118. The van der Waals surface area contributed by atoms with Gasteiger partial charge < -0.3 is 9.47 Å². The third-order valence-electron chi connectivity index (χ3n) is 2.63. The first-order valence-corrected chi connectivity index (χ1v) is 4.69. The molecule has 2 aliphatic rings. The fourth-order valence-electron chi connectivity index (χ4n) is 1.96. The molecule has 2 nitrogen and oxygen atoms in total. The van der Waals surface area contributed by atoms with Gasteiger partial charge in [-0.3, -0.25) is 0 Å². The van der Waals surface area contributed by atoms with Crippen LogP contribution in [0.25, 0.3) is 0 Å². The maximum Gasteiger partial charge on any atom is 0.168 e. The van der Waals surface area contributed by atoms with Gasteiger partial charge in [0.05, 0.1) is 13.2 Å². The summed E-state index contributed by atoms with van der Waals surface area (Å²) < 4.78 is 11.5. The van der Waals surface area contributed by atoms with Gasteiger partial charge in [-0.05, 0) is 25.7 Å². The Balaban J connectivity index is 1.97. The van der Waals surface area contributed by atoms with E-state index >= 15 is 0 Å². The Morgan fingerprint density at radius 1 is 0.727 bits per heavy atom. The van der Waals surface area contributed by atoms with E-state index in [9.17, 15) is 0 Å². The maximum absolute atomic E-state index is 5.73. The molecule has 1 aliphatic carbocycles. The first-order valence-electron chi connectivity index (χ1n) is 4.69. The van der Waals surface area contributed by atoms with Gasteiger partial charge in [0.25, 0.3) is 0 Å². The lowest BCUT2D eigenvalue weighted by Gasteiger charge is -2.26. The lowest BCUT2D eigenvalue weighted by atomic mass is 10.2. The highest BCUT2D eigenvalue weighted by Crippen LogP contribution is 2.35. The van der Waals surface area contributed by atoms with Gasteiger partial charge in [-0.25, -0.2) is 0 Å². The molecule has 1 saturated heterocycles. The summed E-state index contributed by atoms with van der Waals surface area (Å²) >= 11 is 0. The number of rotatable bonds is 0. The van der Waals surface area contributed by atoms with Crippen LogP contribution in [-0.4, -0.2) is 19.0 Å². The van der Waals surface area contributed by atoms with Gasteiger partial charge in [0.2, 0.25) is 0 Å². The molecule has 0 amide bonds. The molecule has 2 heteroatoms. The third kappa shape index (κ3) is 1.57. The van der Waals surface area contributed by atoms with Crippen molar-refractivity contribution in [3.8, 4) is 0 Å². The van der Waals surface area contributed by atoms with E-state index in [0.29, 0.717) is 0 Å². The minimum absolute atomic E-state index is 0.142. The first-order chi connectivity index (χ1) is 5.41. The van der Waals surface area contributed by atoms with Crippen molar-refractivity contribution in [1.29, 1.82) is 0 Å². The molecule has 1 heterocycles. The first kappa shape index (κ1) is 7.56. The van der Waals surface area contributed by atoms with Gasteiger partial charge in [0.15, 0.2) is 5.79 Å². The van der Waals surface area contributed by atoms with Crippen molar-refractivity contribution in [2.24, 2.45) is 0 Å². The zero-order chi connectivity index (χ0) is 7.57. The third-order valence-corrected chi connectivity index (χ3v) is 2.63. The molecular weight excluding hydrogens is 140 g/mol. The summed E-state index contributed by atoms with van der Waals surface area (Å²) in [5, 5.41) is 0. The zero-order valence-corrected chi connectivity index (χ0v) is 6.97. The molecule has 0 unspecified atom stereocenters. The zero-order valence-electron chi connectivity index (χ0n) is 6.97. The number of hydrogen-bond donors (Lipinski definition) is 0. The number of hydrogen-bond acceptors (Lipinski definition) is 2. The molecule has 0 aromatic rings. The van der Waals surface area contributed by atoms with Gasteiger partial charge in [-0.15, -0.1) is 0 Å². The molecule has 11 heavy (non-hydrogen) atoms. The Morgan fingerprint density at radius 2 is 1.27 bits per heavy atom. The summed E-state index contributed by atoms with van der Waals surface area (Å²) in [5.74, 6) is -0.142. The van der Waals surface area contributed by atoms with E-state index in [-0.39, 0.29) is 5.79 Å². The molecule has 2 fully saturated rings. The lowest BCUT2D eigenvalue weighted by molar-refractivity contribution is -0.219. The van der Waals surface area contributed by atoms with Crippen molar-refractivity contribution in [1.82, 2.24) is 0 Å². The van der Waals surface area contributed by atoms with Crippen molar-refractivity contribution in [2.45, 2.75) is 44.3 Å². The van der Waals surface area contributed by atoms with Gasteiger partial charge in [0, 0.05) is 12.8 Å². The van der Waals surface area contributed by atoms with Crippen LogP contribution in [0, 0.1) is 0 Å². The van der Waals surface area contributed by atoms with Crippen LogP contribution in [0.2, 0.25) is 0 Å². The van der Waals surface area contributed by atoms with E-state index in [1.807, 2.05) is 0 Å². The van der Waals surface area contributed by atoms with Crippen LogP contribution in [0.1, 0.15) is 38.5 Å². The second kappa shape index (κ2) is 3.11. The predicted molar refractivity (Wildman–Crippen MR) is 42.3 cm³/mol. The Labute approximate surface area is 67.9 Å². The second-order valence-electron chi connectivity index (χ2n) is 3.52. The summed E-state index contributed by atoms with van der Waals surface area (Å²) in [6.45, 7) is 1.81. The summed E-state index contributed by atoms with van der Waals surface area (Å²) in [6, 6.07) is 0. The topological polar surface area (TPSA) is 18.5 Å². The van der Waals surface area contributed by atoms with Crippen molar-refractivity contribution >= 4 is 0 Å². The predicted octanol–water partition coefficient (Wildman–Crippen LogP) is 2.08. The van der Waals surface area contributed by atoms with E-state index in [2.05, 4.69) is 0 Å².